The Morgan fingerprint density at radius 1 is 0.760 bits per heavy atom. The van der Waals surface area contributed by atoms with Crippen LogP contribution in [0.1, 0.15) is 0 Å². The molecule has 0 radical (unpaired) electrons. The van der Waals surface area contributed by atoms with Crippen molar-refractivity contribution < 1.29 is 4.21 Å². The molecule has 5 rings (SSSR count). The highest BCUT2D eigenvalue weighted by Gasteiger charge is 2.29. The summed E-state index contributed by atoms with van der Waals surface area (Å²) in [5, 5.41) is 2.48. The molecule has 4 aromatic rings. The van der Waals surface area contributed by atoms with Gasteiger partial charge in [0.15, 0.2) is 8.24 Å². The third kappa shape index (κ3) is 1.98. The fourth-order valence-corrected chi connectivity index (χ4v) is 7.29. The molecule has 0 N–H and O–H groups in total. The molecule has 1 aromatic heterocycles. The molecule has 0 aliphatic carbocycles. The van der Waals surface area contributed by atoms with Gasteiger partial charge < -0.3 is 4.23 Å². The molecular formula is C21H19NOSSi. The molecule has 124 valence electrons. The van der Waals surface area contributed by atoms with Crippen LogP contribution in [0.25, 0.3) is 32.9 Å². The van der Waals surface area contributed by atoms with Crippen molar-refractivity contribution >= 4 is 40.8 Å². The van der Waals surface area contributed by atoms with Crippen LogP contribution in [0.3, 0.4) is 0 Å². The summed E-state index contributed by atoms with van der Waals surface area (Å²) >= 11 is 0. The van der Waals surface area contributed by atoms with Crippen LogP contribution in [0, 0.1) is 0 Å². The van der Waals surface area contributed by atoms with Crippen molar-refractivity contribution in [3.63, 3.8) is 0 Å². The number of para-hydroxylation sites is 1. The number of aromatic nitrogens is 1. The Morgan fingerprint density at radius 2 is 1.48 bits per heavy atom. The predicted octanol–water partition coefficient (Wildman–Crippen LogP) is 5.62. The zero-order valence-electron chi connectivity index (χ0n) is 14.5. The van der Waals surface area contributed by atoms with Gasteiger partial charge in [-0.05, 0) is 29.8 Å². The monoisotopic (exact) mass is 361 g/mol. The summed E-state index contributed by atoms with van der Waals surface area (Å²) in [6.07, 6.45) is 0. The first-order valence-electron chi connectivity index (χ1n) is 8.56. The molecule has 1 aliphatic heterocycles. The van der Waals surface area contributed by atoms with Crippen LogP contribution in [0.2, 0.25) is 19.6 Å². The highest BCUT2D eigenvalue weighted by molar-refractivity contribution is 7.85. The van der Waals surface area contributed by atoms with E-state index in [0.29, 0.717) is 0 Å². The zero-order valence-corrected chi connectivity index (χ0v) is 16.4. The van der Waals surface area contributed by atoms with Crippen molar-refractivity contribution in [2.75, 3.05) is 0 Å². The van der Waals surface area contributed by atoms with Gasteiger partial charge in [-0.3, -0.25) is 0 Å². The van der Waals surface area contributed by atoms with E-state index in [9.17, 15) is 4.21 Å². The smallest absolute Gasteiger partial charge is 0.153 e. The molecule has 0 saturated heterocycles. The van der Waals surface area contributed by atoms with Gasteiger partial charge in [-0.1, -0.05) is 56.0 Å². The molecule has 0 fully saturated rings. The van der Waals surface area contributed by atoms with Crippen molar-refractivity contribution in [1.82, 2.24) is 4.23 Å². The number of nitrogens with zero attached hydrogens (tertiary/aromatic N) is 1. The Balaban J connectivity index is 1.98. The second-order valence-corrected chi connectivity index (χ2v) is 13.9. The third-order valence-corrected chi connectivity index (χ3v) is 8.34. The van der Waals surface area contributed by atoms with E-state index in [4.69, 9.17) is 0 Å². The Morgan fingerprint density at radius 3 is 2.28 bits per heavy atom. The van der Waals surface area contributed by atoms with E-state index in [-0.39, 0.29) is 0 Å². The number of rotatable bonds is 1. The highest BCUT2D eigenvalue weighted by atomic mass is 32.2. The maximum atomic E-state index is 13.0. The summed E-state index contributed by atoms with van der Waals surface area (Å²) in [6.45, 7) is 7.12. The standard InChI is InChI=1S/C21H19NOSSi/c1-25(2,3)22-18-10-6-4-8-14(18)16-13-21-17(12-19(16)22)15-9-5-7-11-20(15)24(21)23/h4-13H,1-3H3. The minimum Gasteiger partial charge on any atom is -0.368 e. The van der Waals surface area contributed by atoms with Gasteiger partial charge >= 0.3 is 0 Å². The van der Waals surface area contributed by atoms with Crippen LogP contribution in [0.4, 0.5) is 0 Å². The molecule has 0 amide bonds. The summed E-state index contributed by atoms with van der Waals surface area (Å²) in [4.78, 5) is 1.89. The minimum absolute atomic E-state index is 0.939. The molecule has 0 spiro atoms. The van der Waals surface area contributed by atoms with Gasteiger partial charge in [-0.2, -0.15) is 0 Å². The van der Waals surface area contributed by atoms with Gasteiger partial charge in [0.05, 0.1) is 20.6 Å². The minimum atomic E-state index is -1.61. The van der Waals surface area contributed by atoms with Crippen molar-refractivity contribution in [1.29, 1.82) is 0 Å². The summed E-state index contributed by atoms with van der Waals surface area (Å²) in [5.41, 5.74) is 4.81. The van der Waals surface area contributed by atoms with Crippen LogP contribution >= 0.6 is 0 Å². The quantitative estimate of drug-likeness (QED) is 0.355. The Kier molecular flexibility index (Phi) is 2.98. The van der Waals surface area contributed by atoms with Crippen molar-refractivity contribution in [3.8, 4) is 11.1 Å². The second kappa shape index (κ2) is 4.93. The van der Waals surface area contributed by atoms with Gasteiger partial charge in [0.2, 0.25) is 0 Å². The summed E-state index contributed by atoms with van der Waals surface area (Å²) < 4.78 is 15.5. The normalized spacial score (nSPS) is 16.4. The molecular weight excluding hydrogens is 342 g/mol. The molecule has 25 heavy (non-hydrogen) atoms. The van der Waals surface area contributed by atoms with Gasteiger partial charge in [-0.25, -0.2) is 4.21 Å². The van der Waals surface area contributed by atoms with E-state index in [0.717, 1.165) is 20.9 Å². The number of hydrogen-bond donors (Lipinski definition) is 0. The van der Waals surface area contributed by atoms with Gasteiger partial charge in [0, 0.05) is 27.4 Å². The van der Waals surface area contributed by atoms with Gasteiger partial charge in [0.25, 0.3) is 0 Å². The SMILES string of the molecule is C[Si](C)(C)n1c2ccccc2c2cc3c(cc21)-c1ccccc1S3=O. The van der Waals surface area contributed by atoms with Crippen molar-refractivity contribution in [2.45, 2.75) is 29.4 Å². The molecule has 2 nitrogen and oxygen atoms in total. The largest absolute Gasteiger partial charge is 0.368 e. The Hall–Kier alpha value is -2.17. The molecule has 4 heteroatoms. The topological polar surface area (TPSA) is 22.0 Å². The van der Waals surface area contributed by atoms with Crippen LogP contribution < -0.4 is 0 Å². The average Bonchev–Trinajstić information content (AvgIpc) is 3.07. The summed E-state index contributed by atoms with van der Waals surface area (Å²) in [7, 11) is -2.69. The Bertz CT molecular complexity index is 1200. The molecule has 1 atom stereocenters. The first-order chi connectivity index (χ1) is 12.0. The maximum Gasteiger partial charge on any atom is 0.153 e. The highest BCUT2D eigenvalue weighted by Crippen LogP contribution is 2.44. The van der Waals surface area contributed by atoms with Crippen molar-refractivity contribution in [2.24, 2.45) is 0 Å². The summed E-state index contributed by atoms with van der Waals surface area (Å²) in [6, 6.07) is 21.1. The second-order valence-electron chi connectivity index (χ2n) is 7.65. The lowest BCUT2D eigenvalue weighted by molar-refractivity contribution is 0.685. The number of benzene rings is 3. The van der Waals surface area contributed by atoms with Crippen LogP contribution in [-0.2, 0) is 10.8 Å². The Labute approximate surface area is 150 Å². The first kappa shape index (κ1) is 15.1. The lowest BCUT2D eigenvalue weighted by Gasteiger charge is -2.22. The molecule has 1 unspecified atom stereocenters. The molecule has 3 aromatic carbocycles. The van der Waals surface area contributed by atoms with Crippen LogP contribution in [0.5, 0.6) is 0 Å². The fraction of sp³-hybridized carbons (Fsp3) is 0.143. The van der Waals surface area contributed by atoms with E-state index in [1.165, 1.54) is 21.8 Å². The molecule has 1 aliphatic rings. The lowest BCUT2D eigenvalue weighted by Crippen LogP contribution is -2.31. The molecule has 0 saturated carbocycles. The van der Waals surface area contributed by atoms with E-state index >= 15 is 0 Å². The van der Waals surface area contributed by atoms with E-state index in [1.54, 1.807) is 0 Å². The van der Waals surface area contributed by atoms with E-state index in [1.807, 2.05) is 18.2 Å². The fourth-order valence-electron chi connectivity index (χ4n) is 4.05. The zero-order chi connectivity index (χ0) is 17.3. The predicted molar refractivity (Wildman–Crippen MR) is 108 cm³/mol. The number of fused-ring (bicyclic) bond motifs is 6. The summed E-state index contributed by atoms with van der Waals surface area (Å²) in [5.74, 6) is 0. The van der Waals surface area contributed by atoms with Crippen LogP contribution in [-0.4, -0.2) is 16.7 Å². The number of hydrogen-bond acceptors (Lipinski definition) is 1. The molecule has 2 heterocycles. The van der Waals surface area contributed by atoms with E-state index in [2.05, 4.69) is 66.3 Å². The first-order valence-corrected chi connectivity index (χ1v) is 13.2. The average molecular weight is 362 g/mol. The third-order valence-electron chi connectivity index (χ3n) is 5.02. The lowest BCUT2D eigenvalue weighted by atomic mass is 10.0. The molecule has 0 bridgehead atoms. The van der Waals surface area contributed by atoms with Crippen LogP contribution in [0.15, 0.2) is 70.5 Å². The maximum absolute atomic E-state index is 13.0. The van der Waals surface area contributed by atoms with E-state index < -0.39 is 19.0 Å². The van der Waals surface area contributed by atoms with Crippen molar-refractivity contribution in [3.05, 3.63) is 60.7 Å². The van der Waals surface area contributed by atoms with Gasteiger partial charge in [0.1, 0.15) is 0 Å². The van der Waals surface area contributed by atoms with Gasteiger partial charge in [-0.15, -0.1) is 0 Å².